The first-order chi connectivity index (χ1) is 26.4. The van der Waals surface area contributed by atoms with Gasteiger partial charge in [-0.1, -0.05) is 85.3 Å². The third-order valence-corrected chi connectivity index (χ3v) is 11.6. The van der Waals surface area contributed by atoms with E-state index in [0.717, 1.165) is 109 Å². The summed E-state index contributed by atoms with van der Waals surface area (Å²) in [5.74, 6) is 2.07. The molecule has 0 bridgehead atoms. The predicted molar refractivity (Wildman–Crippen MR) is 212 cm³/mol. The van der Waals surface area contributed by atoms with E-state index in [0.29, 0.717) is 6.42 Å². The minimum Gasteiger partial charge on any atom is -0.340 e. The van der Waals surface area contributed by atoms with Gasteiger partial charge >= 0.3 is 0 Å². The molecule has 2 aromatic heterocycles. The molecule has 0 saturated carbocycles. The molecule has 8 rings (SSSR count). The quantitative estimate of drug-likeness (QED) is 0.145. The van der Waals surface area contributed by atoms with Crippen molar-refractivity contribution in [2.24, 2.45) is 0 Å². The lowest BCUT2D eigenvalue weighted by Crippen LogP contribution is -2.40. The van der Waals surface area contributed by atoms with Crippen molar-refractivity contribution in [1.29, 1.82) is 0 Å². The second-order valence-corrected chi connectivity index (χ2v) is 15.4. The van der Waals surface area contributed by atoms with E-state index in [1.54, 1.807) is 0 Å². The number of H-pyrrole nitrogens is 2. The molecule has 5 aromatic rings. The topological polar surface area (TPSA) is 104 Å². The number of hydrogen-bond acceptors (Lipinski definition) is 6. The second kappa shape index (κ2) is 16.1. The average molecular weight is 725 g/mol. The molecule has 2 amide bonds. The highest BCUT2D eigenvalue weighted by Gasteiger charge is 2.37. The van der Waals surface area contributed by atoms with E-state index >= 15 is 0 Å². The van der Waals surface area contributed by atoms with Gasteiger partial charge in [-0.25, -0.2) is 9.97 Å². The molecular formula is C44H52N8O2. The summed E-state index contributed by atoms with van der Waals surface area (Å²) in [6.45, 7) is 4.63. The molecule has 0 spiro atoms. The SMILES string of the molecule is CN(C)C(C(=O)N1CCC[C@H]1c1ncc(-c2ccc(-c3ccc(-c4cnc(C5CCCN5C(=O)CCN5CCCCC5)[nH]4)cc3)cc2)[nH]1)c1ccccc1. The smallest absolute Gasteiger partial charge is 0.245 e. The van der Waals surface area contributed by atoms with Crippen LogP contribution in [0.4, 0.5) is 0 Å². The monoisotopic (exact) mass is 724 g/mol. The van der Waals surface area contributed by atoms with Gasteiger partial charge in [0.2, 0.25) is 11.8 Å². The maximum atomic E-state index is 13.9. The minimum atomic E-state index is -0.335. The van der Waals surface area contributed by atoms with E-state index in [4.69, 9.17) is 9.97 Å². The fourth-order valence-electron chi connectivity index (χ4n) is 8.69. The number of benzene rings is 3. The molecule has 0 aliphatic carbocycles. The van der Waals surface area contributed by atoms with Gasteiger partial charge in [0.05, 0.1) is 35.9 Å². The molecule has 3 atom stereocenters. The third kappa shape index (κ3) is 7.63. The van der Waals surface area contributed by atoms with Crippen LogP contribution >= 0.6 is 0 Å². The molecule has 2 unspecified atom stereocenters. The Morgan fingerprint density at radius 3 is 1.74 bits per heavy atom. The van der Waals surface area contributed by atoms with Crippen LogP contribution in [0.25, 0.3) is 33.6 Å². The Labute approximate surface area is 318 Å². The van der Waals surface area contributed by atoms with Gasteiger partial charge in [-0.3, -0.25) is 14.5 Å². The van der Waals surface area contributed by atoms with Gasteiger partial charge in [0.15, 0.2) is 0 Å². The van der Waals surface area contributed by atoms with Crippen LogP contribution in [-0.4, -0.2) is 98.2 Å². The van der Waals surface area contributed by atoms with E-state index in [-0.39, 0.29) is 29.9 Å². The zero-order valence-corrected chi connectivity index (χ0v) is 31.6. The van der Waals surface area contributed by atoms with Crippen molar-refractivity contribution in [3.05, 3.63) is 108 Å². The van der Waals surface area contributed by atoms with E-state index in [9.17, 15) is 9.59 Å². The number of nitrogens with one attached hydrogen (secondary N) is 2. The van der Waals surface area contributed by atoms with Crippen LogP contribution in [-0.2, 0) is 9.59 Å². The van der Waals surface area contributed by atoms with Crippen molar-refractivity contribution in [2.75, 3.05) is 46.8 Å². The molecule has 280 valence electrons. The van der Waals surface area contributed by atoms with Gasteiger partial charge in [-0.2, -0.15) is 0 Å². The lowest BCUT2D eigenvalue weighted by atomic mass is 10.0. The van der Waals surface area contributed by atoms with Gasteiger partial charge in [0.25, 0.3) is 0 Å². The highest BCUT2D eigenvalue weighted by atomic mass is 16.2. The number of amides is 2. The number of aromatic nitrogens is 4. The van der Waals surface area contributed by atoms with Crippen molar-refractivity contribution >= 4 is 11.8 Å². The summed E-state index contributed by atoms with van der Waals surface area (Å²) in [6.07, 6.45) is 12.0. The van der Waals surface area contributed by atoms with Crippen molar-refractivity contribution < 1.29 is 9.59 Å². The van der Waals surface area contributed by atoms with E-state index in [1.165, 1.54) is 19.3 Å². The molecular weight excluding hydrogens is 673 g/mol. The summed E-state index contributed by atoms with van der Waals surface area (Å²) in [7, 11) is 3.93. The summed E-state index contributed by atoms with van der Waals surface area (Å²) in [5.41, 5.74) is 7.29. The van der Waals surface area contributed by atoms with Crippen molar-refractivity contribution in [3.8, 4) is 33.6 Å². The number of rotatable bonds is 11. The van der Waals surface area contributed by atoms with Crippen LogP contribution in [0.3, 0.4) is 0 Å². The molecule has 10 nitrogen and oxygen atoms in total. The normalized spacial score (nSPS) is 19.8. The van der Waals surface area contributed by atoms with Crippen LogP contribution in [0, 0.1) is 0 Å². The Kier molecular flexibility index (Phi) is 10.7. The zero-order chi connectivity index (χ0) is 37.0. The number of piperidine rings is 1. The van der Waals surface area contributed by atoms with Gasteiger partial charge < -0.3 is 24.7 Å². The molecule has 3 saturated heterocycles. The lowest BCUT2D eigenvalue weighted by molar-refractivity contribution is -0.137. The maximum Gasteiger partial charge on any atom is 0.245 e. The summed E-state index contributed by atoms with van der Waals surface area (Å²) in [5, 5.41) is 0. The summed E-state index contributed by atoms with van der Waals surface area (Å²) < 4.78 is 0. The molecule has 54 heavy (non-hydrogen) atoms. The molecule has 3 aliphatic rings. The standard InChI is InChI=1S/C44H52N8O2/c1-49(2)41(35-11-5-3-6-12-35)44(54)52-27-10-14-39(52)43-46-30-37(48-43)34-21-17-32(18-22-34)31-15-19-33(20-16-31)36-29-45-42(47-36)38-13-9-26-51(38)40(53)23-28-50-24-7-4-8-25-50/h3,5-6,11-12,15-22,29-30,38-39,41H,4,7-10,13-14,23-28H2,1-2H3,(H,45,47)(H,46,48)/t38?,39-,41?/m0/s1. The van der Waals surface area contributed by atoms with Crippen molar-refractivity contribution in [3.63, 3.8) is 0 Å². The van der Waals surface area contributed by atoms with Gasteiger partial charge in [0, 0.05) is 26.1 Å². The number of likely N-dealkylation sites (N-methyl/N-ethyl adjacent to an activating group) is 1. The van der Waals surface area contributed by atoms with Gasteiger partial charge in [-0.05, 0) is 93.5 Å². The zero-order valence-electron chi connectivity index (χ0n) is 31.6. The highest BCUT2D eigenvalue weighted by molar-refractivity contribution is 5.84. The summed E-state index contributed by atoms with van der Waals surface area (Å²) >= 11 is 0. The van der Waals surface area contributed by atoms with Gasteiger partial charge in [-0.15, -0.1) is 0 Å². The predicted octanol–water partition coefficient (Wildman–Crippen LogP) is 7.64. The largest absolute Gasteiger partial charge is 0.340 e. The maximum absolute atomic E-state index is 13.9. The summed E-state index contributed by atoms with van der Waals surface area (Å²) in [4.78, 5) is 52.2. The van der Waals surface area contributed by atoms with E-state index < -0.39 is 0 Å². The molecule has 5 heterocycles. The first-order valence-electron chi connectivity index (χ1n) is 19.8. The van der Waals surface area contributed by atoms with Gasteiger partial charge in [0.1, 0.15) is 17.7 Å². The first kappa shape index (κ1) is 35.9. The Hall–Kier alpha value is -5.06. The fraction of sp³-hybridized carbons (Fsp3) is 0.409. The van der Waals surface area contributed by atoms with Crippen LogP contribution in [0.5, 0.6) is 0 Å². The number of imidazole rings is 2. The number of carbonyl (C=O) groups excluding carboxylic acids is 2. The van der Waals surface area contributed by atoms with Crippen LogP contribution in [0.15, 0.2) is 91.3 Å². The Balaban J connectivity index is 0.900. The minimum absolute atomic E-state index is 0.0195. The second-order valence-electron chi connectivity index (χ2n) is 15.4. The van der Waals surface area contributed by atoms with Crippen molar-refractivity contribution in [1.82, 2.24) is 39.5 Å². The number of carbonyl (C=O) groups is 2. The molecule has 0 radical (unpaired) electrons. The highest BCUT2D eigenvalue weighted by Crippen LogP contribution is 2.36. The average Bonchev–Trinajstić information content (AvgIpc) is 4.05. The number of hydrogen-bond donors (Lipinski definition) is 2. The Morgan fingerprint density at radius 1 is 0.667 bits per heavy atom. The Morgan fingerprint density at radius 2 is 1.19 bits per heavy atom. The Bertz CT molecular complexity index is 2010. The molecule has 2 N–H and O–H groups in total. The van der Waals surface area contributed by atoms with Crippen molar-refractivity contribution in [2.45, 2.75) is 69.5 Å². The number of likely N-dealkylation sites (tertiary alicyclic amines) is 3. The summed E-state index contributed by atoms with van der Waals surface area (Å²) in [6, 6.07) is 26.7. The van der Waals surface area contributed by atoms with Crippen LogP contribution in [0.1, 0.15) is 86.7 Å². The lowest BCUT2D eigenvalue weighted by Gasteiger charge is -2.31. The fourth-order valence-corrected chi connectivity index (χ4v) is 8.69. The third-order valence-electron chi connectivity index (χ3n) is 11.6. The molecule has 3 aromatic carbocycles. The molecule has 3 fully saturated rings. The number of aromatic amines is 2. The van der Waals surface area contributed by atoms with E-state index in [2.05, 4.69) is 63.4 Å². The van der Waals surface area contributed by atoms with Crippen LogP contribution in [0.2, 0.25) is 0 Å². The molecule has 3 aliphatic heterocycles. The van der Waals surface area contributed by atoms with E-state index in [1.807, 2.05) is 71.5 Å². The number of nitrogens with zero attached hydrogens (tertiary/aromatic N) is 6. The van der Waals surface area contributed by atoms with Crippen LogP contribution < -0.4 is 0 Å². The first-order valence-corrected chi connectivity index (χ1v) is 19.8. The molecule has 10 heteroatoms.